The van der Waals surface area contributed by atoms with Crippen molar-refractivity contribution in [3.8, 4) is 0 Å². The SMILES string of the molecule is N=CN(S)S. The summed E-state index contributed by atoms with van der Waals surface area (Å²) in [4.78, 5) is 0. The lowest BCUT2D eigenvalue weighted by molar-refractivity contribution is 1.19. The van der Waals surface area contributed by atoms with Gasteiger partial charge in [-0.2, -0.15) is 0 Å². The highest BCUT2D eigenvalue weighted by Gasteiger charge is 1.67. The van der Waals surface area contributed by atoms with Crippen molar-refractivity contribution in [3.63, 3.8) is 0 Å². The zero-order chi connectivity index (χ0) is 4.28. The molecule has 0 radical (unpaired) electrons. The van der Waals surface area contributed by atoms with Crippen LogP contribution in [0, 0.1) is 5.41 Å². The van der Waals surface area contributed by atoms with E-state index >= 15 is 0 Å². The average Bonchev–Trinajstić information content (AvgIpc) is 1.38. The van der Waals surface area contributed by atoms with E-state index in [0.717, 1.165) is 10.0 Å². The van der Waals surface area contributed by atoms with E-state index in [1.165, 1.54) is 0 Å². The van der Waals surface area contributed by atoms with E-state index < -0.39 is 0 Å². The second kappa shape index (κ2) is 2.41. The van der Waals surface area contributed by atoms with Gasteiger partial charge in [-0.3, -0.25) is 9.12 Å². The van der Waals surface area contributed by atoms with Gasteiger partial charge in [-0.05, 0) is 0 Å². The first-order valence-electron chi connectivity index (χ1n) is 0.947. The first-order chi connectivity index (χ1) is 2.27. The molecule has 0 fully saturated rings. The molecule has 0 aromatic rings. The summed E-state index contributed by atoms with van der Waals surface area (Å²) in [5.74, 6) is 0. The standard InChI is InChI=1S/CH4N2S2/c2-1-3(4)5/h1-2,4-5H. The lowest BCUT2D eigenvalue weighted by Gasteiger charge is -1.91. The van der Waals surface area contributed by atoms with Crippen molar-refractivity contribution in [2.75, 3.05) is 0 Å². The molecule has 4 heteroatoms. The van der Waals surface area contributed by atoms with Gasteiger partial charge in [-0.1, -0.05) is 25.6 Å². The van der Waals surface area contributed by atoms with Crippen molar-refractivity contribution in [2.24, 2.45) is 0 Å². The molecule has 0 unspecified atom stereocenters. The zero-order valence-electron chi connectivity index (χ0n) is 2.42. The van der Waals surface area contributed by atoms with Gasteiger partial charge in [0.25, 0.3) is 0 Å². The fraction of sp³-hybridized carbons (Fsp3) is 0. The van der Waals surface area contributed by atoms with Crippen molar-refractivity contribution in [1.82, 2.24) is 3.71 Å². The first kappa shape index (κ1) is 5.17. The molecule has 0 aliphatic rings. The molecule has 2 nitrogen and oxygen atoms in total. The molecular weight excluding hydrogens is 104 g/mol. The number of thiol groups is 2. The van der Waals surface area contributed by atoms with Crippen LogP contribution in [-0.4, -0.2) is 10.0 Å². The average molecular weight is 108 g/mol. The Kier molecular flexibility index (Phi) is 2.49. The highest BCUT2D eigenvalue weighted by Crippen LogP contribution is 1.87. The maximum Gasteiger partial charge on any atom is 0.102 e. The molecule has 0 heterocycles. The summed E-state index contributed by atoms with van der Waals surface area (Å²) in [5.41, 5.74) is 0. The predicted molar refractivity (Wildman–Crippen MR) is 28.6 cm³/mol. The first-order valence-corrected chi connectivity index (χ1v) is 1.75. The minimum Gasteiger partial charge on any atom is -0.290 e. The van der Waals surface area contributed by atoms with Crippen LogP contribution in [0.25, 0.3) is 0 Å². The van der Waals surface area contributed by atoms with Gasteiger partial charge >= 0.3 is 0 Å². The van der Waals surface area contributed by atoms with E-state index in [2.05, 4.69) is 25.6 Å². The molecule has 1 N–H and O–H groups in total. The van der Waals surface area contributed by atoms with E-state index in [4.69, 9.17) is 5.41 Å². The minimum absolute atomic E-state index is 0.978. The molecule has 0 aliphatic carbocycles. The van der Waals surface area contributed by atoms with Crippen molar-refractivity contribution in [1.29, 1.82) is 5.41 Å². The van der Waals surface area contributed by atoms with Gasteiger partial charge < -0.3 is 0 Å². The topological polar surface area (TPSA) is 27.1 Å². The largest absolute Gasteiger partial charge is 0.290 e. The van der Waals surface area contributed by atoms with Crippen LogP contribution in [0.4, 0.5) is 0 Å². The van der Waals surface area contributed by atoms with Gasteiger partial charge in [0, 0.05) is 0 Å². The Balaban J connectivity index is 2.83. The van der Waals surface area contributed by atoms with Gasteiger partial charge in [0.05, 0.1) is 0 Å². The van der Waals surface area contributed by atoms with Crippen molar-refractivity contribution in [3.05, 3.63) is 0 Å². The van der Waals surface area contributed by atoms with Crippen LogP contribution in [0.2, 0.25) is 0 Å². The van der Waals surface area contributed by atoms with Gasteiger partial charge in [-0.15, -0.1) is 0 Å². The van der Waals surface area contributed by atoms with Crippen LogP contribution in [0.15, 0.2) is 0 Å². The molecular formula is CH4N2S2. The summed E-state index contributed by atoms with van der Waals surface area (Å²) >= 11 is 7.10. The van der Waals surface area contributed by atoms with E-state index in [-0.39, 0.29) is 0 Å². The Hall–Kier alpha value is 0.170. The van der Waals surface area contributed by atoms with E-state index in [1.54, 1.807) is 0 Å². The molecule has 0 aromatic carbocycles. The van der Waals surface area contributed by atoms with Crippen molar-refractivity contribution < 1.29 is 0 Å². The fourth-order valence-corrected chi connectivity index (χ4v) is 0. The summed E-state index contributed by atoms with van der Waals surface area (Å²) in [6.07, 6.45) is 0.978. The molecule has 0 saturated carbocycles. The van der Waals surface area contributed by atoms with Crippen LogP contribution in [0.5, 0.6) is 0 Å². The molecule has 0 saturated heterocycles. The number of hydrogen-bond acceptors (Lipinski definition) is 3. The summed E-state index contributed by atoms with van der Waals surface area (Å²) in [5, 5.41) is 6.31. The molecule has 0 aliphatic heterocycles. The van der Waals surface area contributed by atoms with Gasteiger partial charge in [0.2, 0.25) is 0 Å². The van der Waals surface area contributed by atoms with Gasteiger partial charge in [-0.25, -0.2) is 0 Å². The monoisotopic (exact) mass is 108 g/mol. The molecule has 0 atom stereocenters. The van der Waals surface area contributed by atoms with Gasteiger partial charge in [0.1, 0.15) is 6.34 Å². The second-order valence-electron chi connectivity index (χ2n) is 0.449. The maximum atomic E-state index is 6.31. The number of nitrogens with zero attached hydrogens (tertiary/aromatic N) is 1. The second-order valence-corrected chi connectivity index (χ2v) is 1.63. The molecule has 0 rings (SSSR count). The summed E-state index contributed by atoms with van der Waals surface area (Å²) < 4.78 is 1.06. The molecule has 5 heavy (non-hydrogen) atoms. The lowest BCUT2D eigenvalue weighted by atomic mass is 11.4. The third-order valence-corrected chi connectivity index (χ3v) is 0.346. The Morgan fingerprint density at radius 1 is 1.60 bits per heavy atom. The van der Waals surface area contributed by atoms with Crippen LogP contribution in [-0.2, 0) is 0 Å². The predicted octanol–water partition coefficient (Wildman–Crippen LogP) is 0.585. The highest BCUT2D eigenvalue weighted by molar-refractivity contribution is 7.94. The Morgan fingerprint density at radius 3 is 1.80 bits per heavy atom. The third-order valence-electron chi connectivity index (χ3n) is 0.115. The van der Waals surface area contributed by atoms with Crippen molar-refractivity contribution >= 4 is 32.0 Å². The van der Waals surface area contributed by atoms with Crippen LogP contribution >= 0.6 is 25.6 Å². The normalized spacial score (nSPS) is 6.80. The van der Waals surface area contributed by atoms with Crippen LogP contribution < -0.4 is 0 Å². The molecule has 0 amide bonds. The Morgan fingerprint density at radius 2 is 1.80 bits per heavy atom. The number of nitrogens with one attached hydrogen (secondary N) is 1. The highest BCUT2D eigenvalue weighted by atomic mass is 32.2. The molecule has 0 bridgehead atoms. The molecule has 0 spiro atoms. The quantitative estimate of drug-likeness (QED) is 0.256. The fourth-order valence-electron chi connectivity index (χ4n) is 0. The van der Waals surface area contributed by atoms with Gasteiger partial charge in [0.15, 0.2) is 0 Å². The number of hydrogen-bond donors (Lipinski definition) is 3. The number of rotatable bonds is 1. The maximum absolute atomic E-state index is 6.31. The van der Waals surface area contributed by atoms with E-state index in [9.17, 15) is 0 Å². The molecule has 0 aromatic heterocycles. The lowest BCUT2D eigenvalue weighted by Crippen LogP contribution is -1.86. The Bertz CT molecular complexity index is 34.6. The molecule has 30 valence electrons. The van der Waals surface area contributed by atoms with E-state index in [0.29, 0.717) is 0 Å². The van der Waals surface area contributed by atoms with Crippen molar-refractivity contribution in [2.45, 2.75) is 0 Å². The minimum atomic E-state index is 0.978. The summed E-state index contributed by atoms with van der Waals surface area (Å²) in [6.45, 7) is 0. The third kappa shape index (κ3) is 4.17. The summed E-state index contributed by atoms with van der Waals surface area (Å²) in [6, 6.07) is 0. The van der Waals surface area contributed by atoms with Crippen LogP contribution in [0.3, 0.4) is 0 Å². The Labute approximate surface area is 41.8 Å². The van der Waals surface area contributed by atoms with Crippen LogP contribution in [0.1, 0.15) is 0 Å². The summed E-state index contributed by atoms with van der Waals surface area (Å²) in [7, 11) is 0. The van der Waals surface area contributed by atoms with E-state index in [1.807, 2.05) is 0 Å². The smallest absolute Gasteiger partial charge is 0.102 e. The zero-order valence-corrected chi connectivity index (χ0v) is 4.21.